The Morgan fingerprint density at radius 3 is 2.70 bits per heavy atom. The molecule has 7 nitrogen and oxygen atoms in total. The number of hydrogen-bond donors (Lipinski definition) is 1. The van der Waals surface area contributed by atoms with E-state index in [2.05, 4.69) is 10.3 Å². The number of aromatic nitrogens is 3. The van der Waals surface area contributed by atoms with Gasteiger partial charge in [-0.1, -0.05) is 35.0 Å². The molecule has 30 heavy (non-hydrogen) atoms. The van der Waals surface area contributed by atoms with Crippen LogP contribution in [0.4, 0.5) is 0 Å². The summed E-state index contributed by atoms with van der Waals surface area (Å²) in [4.78, 5) is 13.0. The molecule has 1 aromatic carbocycles. The van der Waals surface area contributed by atoms with Crippen LogP contribution in [-0.2, 0) is 4.74 Å². The lowest BCUT2D eigenvalue weighted by atomic mass is 9.77. The van der Waals surface area contributed by atoms with Gasteiger partial charge in [0, 0.05) is 11.3 Å². The predicted octanol–water partition coefficient (Wildman–Crippen LogP) is 4.57. The molecule has 1 N–H and O–H groups in total. The van der Waals surface area contributed by atoms with Gasteiger partial charge in [0.25, 0.3) is 0 Å². The maximum absolute atomic E-state index is 13.0. The first-order chi connectivity index (χ1) is 14.3. The molecule has 2 heterocycles. The second kappa shape index (κ2) is 6.96. The van der Waals surface area contributed by atoms with Crippen LogP contribution >= 0.6 is 11.6 Å². The number of ether oxygens (including phenoxy) is 1. The Hall–Kier alpha value is -2.64. The smallest absolute Gasteiger partial charge is 0.344 e. The first-order valence-electron chi connectivity index (χ1n) is 10.1. The van der Waals surface area contributed by atoms with Crippen LogP contribution in [0.1, 0.15) is 54.7 Å². The molecular weight excluding hydrogens is 406 g/mol. The van der Waals surface area contributed by atoms with Gasteiger partial charge in [-0.05, 0) is 45.6 Å². The number of carbonyl (C=O) groups excluding carboxylic acids is 1. The summed E-state index contributed by atoms with van der Waals surface area (Å²) < 4.78 is 13.1. The Balaban J connectivity index is 1.58. The van der Waals surface area contributed by atoms with Crippen molar-refractivity contribution in [2.24, 2.45) is 0 Å². The third kappa shape index (κ3) is 3.32. The van der Waals surface area contributed by atoms with Crippen molar-refractivity contribution in [1.82, 2.24) is 14.9 Å². The summed E-state index contributed by atoms with van der Waals surface area (Å²) >= 11 is 6.36. The first-order valence-corrected chi connectivity index (χ1v) is 10.4. The summed E-state index contributed by atoms with van der Waals surface area (Å²) in [5.41, 5.74) is 2.09. The fraction of sp³-hybridized carbons (Fsp3) is 0.409. The van der Waals surface area contributed by atoms with Gasteiger partial charge in [-0.25, -0.2) is 4.79 Å². The highest BCUT2D eigenvalue weighted by molar-refractivity contribution is 6.33. The van der Waals surface area contributed by atoms with E-state index >= 15 is 0 Å². The quantitative estimate of drug-likeness (QED) is 0.599. The molecule has 0 aliphatic heterocycles. The van der Waals surface area contributed by atoms with E-state index in [0.717, 1.165) is 18.5 Å². The van der Waals surface area contributed by atoms with Crippen molar-refractivity contribution < 1.29 is 19.2 Å². The zero-order valence-corrected chi connectivity index (χ0v) is 17.5. The molecule has 0 unspecified atom stereocenters. The van der Waals surface area contributed by atoms with Crippen molar-refractivity contribution in [3.05, 3.63) is 46.7 Å². The molecule has 5 rings (SSSR count). The summed E-state index contributed by atoms with van der Waals surface area (Å²) in [5, 5.41) is 19.2. The summed E-state index contributed by atoms with van der Waals surface area (Å²) in [7, 11) is 0. The van der Waals surface area contributed by atoms with E-state index in [4.69, 9.17) is 20.9 Å². The molecule has 0 spiro atoms. The van der Waals surface area contributed by atoms with E-state index in [9.17, 15) is 9.90 Å². The van der Waals surface area contributed by atoms with Gasteiger partial charge in [0.15, 0.2) is 5.76 Å². The van der Waals surface area contributed by atoms with E-state index in [1.165, 1.54) is 0 Å². The molecule has 2 aromatic heterocycles. The average Bonchev–Trinajstić information content (AvgIpc) is 3.25. The Kier molecular flexibility index (Phi) is 4.48. The number of hydrogen-bond acceptors (Lipinski definition) is 6. The number of halogens is 1. The van der Waals surface area contributed by atoms with E-state index < -0.39 is 11.6 Å². The largest absolute Gasteiger partial charge is 0.459 e. The Labute approximate surface area is 178 Å². The first kappa shape index (κ1) is 19.3. The summed E-state index contributed by atoms with van der Waals surface area (Å²) in [6.45, 7) is 3.74. The highest BCUT2D eigenvalue weighted by Gasteiger charge is 2.41. The molecule has 2 fully saturated rings. The molecular formula is C22H22ClN3O4. The van der Waals surface area contributed by atoms with Crippen LogP contribution in [-0.4, -0.2) is 37.7 Å². The van der Waals surface area contributed by atoms with Gasteiger partial charge in [-0.15, -0.1) is 0 Å². The summed E-state index contributed by atoms with van der Waals surface area (Å²) in [5.74, 6) is -0.146. The molecule has 8 heteroatoms. The SMILES string of the molecule is Cc1c(-c2onc(-c3ccccc3Cl)c2C(=O)OC2CC2)cnn1[C@H]1C[C@@](C)(O)C1. The third-order valence-corrected chi connectivity index (χ3v) is 6.14. The number of aliphatic hydroxyl groups is 1. The Bertz CT molecular complexity index is 1120. The fourth-order valence-corrected chi connectivity index (χ4v) is 4.26. The van der Waals surface area contributed by atoms with Gasteiger partial charge in [0.05, 0.1) is 28.4 Å². The molecule has 0 radical (unpaired) electrons. The summed E-state index contributed by atoms with van der Waals surface area (Å²) in [6.07, 6.45) is 4.62. The highest BCUT2D eigenvalue weighted by Crippen LogP contribution is 2.43. The molecule has 0 atom stereocenters. The van der Waals surface area contributed by atoms with Crippen molar-refractivity contribution in [1.29, 1.82) is 0 Å². The maximum Gasteiger partial charge on any atom is 0.344 e. The van der Waals surface area contributed by atoms with Crippen LogP contribution in [0.2, 0.25) is 5.02 Å². The third-order valence-electron chi connectivity index (χ3n) is 5.81. The second-order valence-electron chi connectivity index (χ2n) is 8.47. The van der Waals surface area contributed by atoms with Gasteiger partial charge in [-0.3, -0.25) is 4.68 Å². The lowest BCUT2D eigenvalue weighted by Crippen LogP contribution is -2.42. The molecule has 2 saturated carbocycles. The standard InChI is InChI=1S/C22H22ClN3O4/c1-12-16(11-24-26(12)13-9-22(2,28)10-13)20-18(21(27)29-14-7-8-14)19(25-30-20)15-5-3-4-6-17(15)23/h3-6,11,13-14,28H,7-10H2,1-2H3/t13-,22+. The van der Waals surface area contributed by atoms with E-state index in [0.29, 0.717) is 40.4 Å². The monoisotopic (exact) mass is 427 g/mol. The second-order valence-corrected chi connectivity index (χ2v) is 8.87. The Morgan fingerprint density at radius 2 is 2.03 bits per heavy atom. The zero-order valence-electron chi connectivity index (χ0n) is 16.8. The number of carbonyl (C=O) groups is 1. The van der Waals surface area contributed by atoms with E-state index in [1.54, 1.807) is 18.3 Å². The minimum Gasteiger partial charge on any atom is -0.459 e. The van der Waals surface area contributed by atoms with E-state index in [1.807, 2.05) is 30.7 Å². The van der Waals surface area contributed by atoms with Crippen LogP contribution in [0, 0.1) is 6.92 Å². The topological polar surface area (TPSA) is 90.4 Å². The van der Waals surface area contributed by atoms with Crippen molar-refractivity contribution in [3.63, 3.8) is 0 Å². The number of nitrogens with zero attached hydrogens (tertiary/aromatic N) is 3. The maximum atomic E-state index is 13.0. The lowest BCUT2D eigenvalue weighted by Gasteiger charge is -2.41. The fourth-order valence-electron chi connectivity index (χ4n) is 4.04. The lowest BCUT2D eigenvalue weighted by molar-refractivity contribution is -0.0548. The van der Waals surface area contributed by atoms with Crippen molar-refractivity contribution >= 4 is 17.6 Å². The summed E-state index contributed by atoms with van der Waals surface area (Å²) in [6, 6.07) is 7.30. The predicted molar refractivity (Wildman–Crippen MR) is 110 cm³/mol. The van der Waals surface area contributed by atoms with E-state index in [-0.39, 0.29) is 17.7 Å². The van der Waals surface area contributed by atoms with Gasteiger partial charge in [0.2, 0.25) is 0 Å². The van der Waals surface area contributed by atoms with Gasteiger partial charge < -0.3 is 14.4 Å². The minimum absolute atomic E-state index is 0.0552. The van der Waals surface area contributed by atoms with Crippen LogP contribution in [0.5, 0.6) is 0 Å². The Morgan fingerprint density at radius 1 is 1.30 bits per heavy atom. The average molecular weight is 428 g/mol. The molecule has 0 bridgehead atoms. The number of esters is 1. The highest BCUT2D eigenvalue weighted by atomic mass is 35.5. The molecule has 2 aliphatic carbocycles. The van der Waals surface area contributed by atoms with Gasteiger partial charge >= 0.3 is 5.97 Å². The van der Waals surface area contributed by atoms with Crippen LogP contribution in [0.25, 0.3) is 22.6 Å². The van der Waals surface area contributed by atoms with Crippen molar-refractivity contribution in [2.45, 2.75) is 57.3 Å². The van der Waals surface area contributed by atoms with Crippen LogP contribution in [0.3, 0.4) is 0 Å². The minimum atomic E-state index is -0.661. The molecule has 0 saturated heterocycles. The van der Waals surface area contributed by atoms with Gasteiger partial charge in [-0.2, -0.15) is 5.10 Å². The zero-order chi connectivity index (χ0) is 21.0. The number of benzene rings is 1. The normalized spacial score (nSPS) is 23.3. The van der Waals surface area contributed by atoms with Crippen LogP contribution in [0.15, 0.2) is 35.0 Å². The number of rotatable bonds is 5. The molecule has 0 amide bonds. The molecule has 2 aliphatic rings. The van der Waals surface area contributed by atoms with Gasteiger partial charge in [0.1, 0.15) is 17.4 Å². The van der Waals surface area contributed by atoms with Crippen molar-refractivity contribution in [2.75, 3.05) is 0 Å². The molecule has 3 aromatic rings. The van der Waals surface area contributed by atoms with Crippen LogP contribution < -0.4 is 0 Å². The van der Waals surface area contributed by atoms with Crippen molar-refractivity contribution in [3.8, 4) is 22.6 Å². The molecule has 156 valence electrons.